The second kappa shape index (κ2) is 5.06. The average Bonchev–Trinajstić information content (AvgIpc) is 2.16. The highest BCUT2D eigenvalue weighted by molar-refractivity contribution is 7.89. The molecule has 1 aliphatic rings. The first-order chi connectivity index (χ1) is 6.52. The molecule has 84 valence electrons. The molecule has 1 saturated heterocycles. The topological polar surface area (TPSA) is 75.4 Å². The van der Waals surface area contributed by atoms with Crippen LogP contribution in [0.5, 0.6) is 0 Å². The fourth-order valence-corrected chi connectivity index (χ4v) is 3.05. The van der Waals surface area contributed by atoms with Crippen molar-refractivity contribution in [3.8, 4) is 0 Å². The van der Waals surface area contributed by atoms with Gasteiger partial charge in [0.1, 0.15) is 0 Å². The molecule has 6 heteroatoms. The van der Waals surface area contributed by atoms with Gasteiger partial charge in [-0.2, -0.15) is 4.31 Å². The maximum absolute atomic E-state index is 11.7. The first kappa shape index (κ1) is 11.9. The van der Waals surface area contributed by atoms with E-state index in [0.29, 0.717) is 19.5 Å². The van der Waals surface area contributed by atoms with Crippen molar-refractivity contribution in [1.82, 2.24) is 9.62 Å². The molecule has 1 heterocycles. The van der Waals surface area contributed by atoms with Crippen LogP contribution in [0.15, 0.2) is 0 Å². The smallest absolute Gasteiger partial charge is 0.214 e. The highest BCUT2D eigenvalue weighted by Gasteiger charge is 2.23. The molecule has 0 bridgehead atoms. The third kappa shape index (κ3) is 3.53. The lowest BCUT2D eigenvalue weighted by Crippen LogP contribution is -2.47. The number of hydrogen-bond acceptors (Lipinski definition) is 4. The van der Waals surface area contributed by atoms with Crippen LogP contribution in [0.2, 0.25) is 0 Å². The van der Waals surface area contributed by atoms with Gasteiger partial charge in [0.2, 0.25) is 10.0 Å². The van der Waals surface area contributed by atoms with Crippen molar-refractivity contribution in [3.63, 3.8) is 0 Å². The van der Waals surface area contributed by atoms with Gasteiger partial charge >= 0.3 is 0 Å². The summed E-state index contributed by atoms with van der Waals surface area (Å²) in [5.41, 5.74) is 5.53. The minimum Gasteiger partial charge on any atom is -0.328 e. The van der Waals surface area contributed by atoms with E-state index in [9.17, 15) is 8.42 Å². The zero-order valence-corrected chi connectivity index (χ0v) is 9.39. The van der Waals surface area contributed by atoms with Crippen LogP contribution in [0.1, 0.15) is 13.3 Å². The first-order valence-electron chi connectivity index (χ1n) is 4.96. The molecule has 0 saturated carbocycles. The number of sulfonamides is 1. The second-order valence-corrected chi connectivity index (χ2v) is 5.82. The third-order valence-electron chi connectivity index (χ3n) is 2.30. The Balaban J connectivity index is 2.46. The number of nitrogens with zero attached hydrogens (tertiary/aromatic N) is 1. The van der Waals surface area contributed by atoms with Crippen LogP contribution in [-0.4, -0.2) is 50.7 Å². The SMILES string of the molecule is CC(N)CCS(=O)(=O)N1CCNCC1. The predicted molar refractivity (Wildman–Crippen MR) is 56.5 cm³/mol. The van der Waals surface area contributed by atoms with Gasteiger partial charge in [-0.25, -0.2) is 8.42 Å². The molecule has 1 unspecified atom stereocenters. The van der Waals surface area contributed by atoms with Crippen LogP contribution in [0.25, 0.3) is 0 Å². The third-order valence-corrected chi connectivity index (χ3v) is 4.20. The normalized spacial score (nSPS) is 22.1. The maximum Gasteiger partial charge on any atom is 0.214 e. The summed E-state index contributed by atoms with van der Waals surface area (Å²) in [5, 5.41) is 3.12. The lowest BCUT2D eigenvalue weighted by atomic mass is 10.3. The molecule has 1 fully saturated rings. The van der Waals surface area contributed by atoms with Crippen LogP contribution >= 0.6 is 0 Å². The summed E-state index contributed by atoms with van der Waals surface area (Å²) in [7, 11) is -3.07. The summed E-state index contributed by atoms with van der Waals surface area (Å²) < 4.78 is 25.0. The number of nitrogens with one attached hydrogen (secondary N) is 1. The Labute approximate surface area is 85.7 Å². The molecule has 0 aliphatic carbocycles. The molecule has 0 aromatic rings. The summed E-state index contributed by atoms with van der Waals surface area (Å²) in [6, 6.07) is -0.0484. The van der Waals surface area contributed by atoms with Crippen molar-refractivity contribution in [2.45, 2.75) is 19.4 Å². The van der Waals surface area contributed by atoms with E-state index >= 15 is 0 Å². The van der Waals surface area contributed by atoms with Crippen LogP contribution in [0, 0.1) is 0 Å². The maximum atomic E-state index is 11.7. The molecule has 0 spiro atoms. The zero-order valence-electron chi connectivity index (χ0n) is 8.57. The molecule has 14 heavy (non-hydrogen) atoms. The number of rotatable bonds is 4. The Morgan fingerprint density at radius 3 is 2.50 bits per heavy atom. The Bertz CT molecular complexity index is 258. The van der Waals surface area contributed by atoms with E-state index in [4.69, 9.17) is 5.73 Å². The Morgan fingerprint density at radius 2 is 2.00 bits per heavy atom. The highest BCUT2D eigenvalue weighted by atomic mass is 32.2. The number of nitrogens with two attached hydrogens (primary N) is 1. The minimum atomic E-state index is -3.07. The Hall–Kier alpha value is -0.170. The molecule has 0 amide bonds. The van der Waals surface area contributed by atoms with E-state index in [0.717, 1.165) is 13.1 Å². The van der Waals surface area contributed by atoms with E-state index in [1.807, 2.05) is 6.92 Å². The molecule has 0 aromatic carbocycles. The van der Waals surface area contributed by atoms with E-state index in [1.165, 1.54) is 0 Å². The molecular weight excluding hydrogens is 202 g/mol. The average molecular weight is 221 g/mol. The molecule has 0 aromatic heterocycles. The highest BCUT2D eigenvalue weighted by Crippen LogP contribution is 2.05. The van der Waals surface area contributed by atoms with E-state index in [-0.39, 0.29) is 11.8 Å². The van der Waals surface area contributed by atoms with Gasteiger partial charge in [-0.15, -0.1) is 0 Å². The molecule has 0 radical (unpaired) electrons. The summed E-state index contributed by atoms with van der Waals surface area (Å²) in [6.07, 6.45) is 0.534. The van der Waals surface area contributed by atoms with Crippen molar-refractivity contribution in [2.24, 2.45) is 5.73 Å². The van der Waals surface area contributed by atoms with Crippen LogP contribution in [0.4, 0.5) is 0 Å². The number of piperazine rings is 1. The standard InChI is InChI=1S/C8H19N3O2S/c1-8(9)2-7-14(12,13)11-5-3-10-4-6-11/h8,10H,2-7,9H2,1H3. The summed E-state index contributed by atoms with van der Waals surface area (Å²) >= 11 is 0. The monoisotopic (exact) mass is 221 g/mol. The van der Waals surface area contributed by atoms with Gasteiger partial charge in [-0.05, 0) is 13.3 Å². The lowest BCUT2D eigenvalue weighted by Gasteiger charge is -2.26. The summed E-state index contributed by atoms with van der Waals surface area (Å²) in [6.45, 7) is 4.49. The first-order valence-corrected chi connectivity index (χ1v) is 6.57. The van der Waals surface area contributed by atoms with Crippen molar-refractivity contribution < 1.29 is 8.42 Å². The van der Waals surface area contributed by atoms with Crippen LogP contribution in [0.3, 0.4) is 0 Å². The molecule has 3 N–H and O–H groups in total. The van der Waals surface area contributed by atoms with Crippen molar-refractivity contribution in [3.05, 3.63) is 0 Å². The van der Waals surface area contributed by atoms with Gasteiger partial charge in [0.05, 0.1) is 5.75 Å². The van der Waals surface area contributed by atoms with E-state index in [2.05, 4.69) is 5.32 Å². The molecule has 1 aliphatic heterocycles. The second-order valence-electron chi connectivity index (χ2n) is 3.73. The van der Waals surface area contributed by atoms with Crippen molar-refractivity contribution >= 4 is 10.0 Å². The molecule has 1 rings (SSSR count). The fraction of sp³-hybridized carbons (Fsp3) is 1.00. The van der Waals surface area contributed by atoms with Gasteiger partial charge < -0.3 is 11.1 Å². The Kier molecular flexibility index (Phi) is 4.31. The molecule has 1 atom stereocenters. The largest absolute Gasteiger partial charge is 0.328 e. The summed E-state index contributed by atoms with van der Waals surface area (Å²) in [4.78, 5) is 0. The Morgan fingerprint density at radius 1 is 1.43 bits per heavy atom. The van der Waals surface area contributed by atoms with Gasteiger partial charge in [-0.3, -0.25) is 0 Å². The van der Waals surface area contributed by atoms with E-state index in [1.54, 1.807) is 4.31 Å². The molecular formula is C8H19N3O2S. The van der Waals surface area contributed by atoms with Gasteiger partial charge in [-0.1, -0.05) is 0 Å². The van der Waals surface area contributed by atoms with Gasteiger partial charge in [0, 0.05) is 32.2 Å². The lowest BCUT2D eigenvalue weighted by molar-refractivity contribution is 0.359. The van der Waals surface area contributed by atoms with Crippen molar-refractivity contribution in [2.75, 3.05) is 31.9 Å². The fourth-order valence-electron chi connectivity index (χ4n) is 1.39. The number of hydrogen-bond donors (Lipinski definition) is 2. The summed E-state index contributed by atoms with van der Waals surface area (Å²) in [5.74, 6) is 0.171. The zero-order chi connectivity index (χ0) is 10.6. The minimum absolute atomic E-state index is 0.0484. The quantitative estimate of drug-likeness (QED) is 0.636. The predicted octanol–water partition coefficient (Wildman–Crippen LogP) is -1.04. The van der Waals surface area contributed by atoms with Gasteiger partial charge in [0.25, 0.3) is 0 Å². The molecule has 5 nitrogen and oxygen atoms in total. The van der Waals surface area contributed by atoms with E-state index < -0.39 is 10.0 Å². The van der Waals surface area contributed by atoms with Crippen LogP contribution in [-0.2, 0) is 10.0 Å². The van der Waals surface area contributed by atoms with Crippen molar-refractivity contribution in [1.29, 1.82) is 0 Å². The van der Waals surface area contributed by atoms with Gasteiger partial charge in [0.15, 0.2) is 0 Å². The van der Waals surface area contributed by atoms with Crippen LogP contribution < -0.4 is 11.1 Å².